The van der Waals surface area contributed by atoms with Gasteiger partial charge in [0.05, 0.1) is 18.1 Å². The molecule has 0 radical (unpaired) electrons. The van der Waals surface area contributed by atoms with Crippen molar-refractivity contribution in [3.8, 4) is 5.75 Å². The fraction of sp³-hybridized carbons (Fsp3) is 0.571. The molecule has 19 heavy (non-hydrogen) atoms. The molecule has 0 atom stereocenters. The van der Waals surface area contributed by atoms with E-state index in [0.29, 0.717) is 31.0 Å². The molecule has 0 bridgehead atoms. The average Bonchev–Trinajstić information content (AvgIpc) is 2.35. The minimum absolute atomic E-state index is 0.250. The molecule has 0 unspecified atom stereocenters. The van der Waals surface area contributed by atoms with Crippen LogP contribution >= 0.6 is 0 Å². The molecular formula is C14H21NO3S. The van der Waals surface area contributed by atoms with Crippen molar-refractivity contribution in [1.29, 1.82) is 0 Å². The molecule has 0 aliphatic carbocycles. The molecule has 0 saturated carbocycles. The van der Waals surface area contributed by atoms with Crippen molar-refractivity contribution < 1.29 is 13.2 Å². The van der Waals surface area contributed by atoms with E-state index in [2.05, 4.69) is 5.32 Å². The van der Waals surface area contributed by atoms with Crippen LogP contribution < -0.4 is 10.1 Å². The van der Waals surface area contributed by atoms with E-state index < -0.39 is 9.84 Å². The standard InChI is InChI=1S/C14H21NO3S/c1-3-18-13-4-5-14(11(2)10-13)15-12-6-8-19(16,17)9-7-12/h4-5,10,12,15H,3,6-9H2,1-2H3. The lowest BCUT2D eigenvalue weighted by Gasteiger charge is -2.25. The molecule has 1 aliphatic heterocycles. The number of benzene rings is 1. The van der Waals surface area contributed by atoms with Crippen LogP contribution in [0.1, 0.15) is 25.3 Å². The van der Waals surface area contributed by atoms with E-state index >= 15 is 0 Å². The quantitative estimate of drug-likeness (QED) is 0.922. The lowest BCUT2D eigenvalue weighted by atomic mass is 10.1. The van der Waals surface area contributed by atoms with Gasteiger partial charge in [-0.25, -0.2) is 8.42 Å². The Kier molecular flexibility index (Phi) is 4.34. The summed E-state index contributed by atoms with van der Waals surface area (Å²) in [7, 11) is -2.79. The van der Waals surface area contributed by atoms with E-state index in [9.17, 15) is 8.42 Å². The predicted octanol–water partition coefficient (Wildman–Crippen LogP) is 2.38. The number of nitrogens with one attached hydrogen (secondary N) is 1. The molecule has 1 fully saturated rings. The lowest BCUT2D eigenvalue weighted by Crippen LogP contribution is -2.32. The molecule has 1 N–H and O–H groups in total. The van der Waals surface area contributed by atoms with Crippen LogP contribution in [-0.2, 0) is 9.84 Å². The number of aryl methyl sites for hydroxylation is 1. The molecule has 2 rings (SSSR count). The fourth-order valence-electron chi connectivity index (χ4n) is 2.31. The van der Waals surface area contributed by atoms with Gasteiger partial charge in [-0.15, -0.1) is 0 Å². The Hall–Kier alpha value is -1.23. The molecule has 4 nitrogen and oxygen atoms in total. The Morgan fingerprint density at radius 2 is 2.00 bits per heavy atom. The minimum atomic E-state index is -2.79. The number of hydrogen-bond donors (Lipinski definition) is 1. The van der Waals surface area contributed by atoms with Gasteiger partial charge in [0.25, 0.3) is 0 Å². The number of sulfone groups is 1. The Bertz CT molecular complexity index is 526. The molecule has 1 saturated heterocycles. The molecule has 1 aromatic carbocycles. The highest BCUT2D eigenvalue weighted by Gasteiger charge is 2.23. The normalized spacial score (nSPS) is 19.1. The van der Waals surface area contributed by atoms with Crippen molar-refractivity contribution in [2.75, 3.05) is 23.4 Å². The Balaban J connectivity index is 2.00. The summed E-state index contributed by atoms with van der Waals surface area (Å²) < 4.78 is 28.2. The van der Waals surface area contributed by atoms with Gasteiger partial charge >= 0.3 is 0 Å². The maximum atomic E-state index is 11.4. The van der Waals surface area contributed by atoms with Crippen molar-refractivity contribution in [3.63, 3.8) is 0 Å². The summed E-state index contributed by atoms with van der Waals surface area (Å²) in [5.74, 6) is 1.46. The zero-order valence-electron chi connectivity index (χ0n) is 11.5. The second-order valence-electron chi connectivity index (χ2n) is 4.98. The zero-order chi connectivity index (χ0) is 13.9. The van der Waals surface area contributed by atoms with Crippen molar-refractivity contribution in [2.24, 2.45) is 0 Å². The molecule has 5 heteroatoms. The van der Waals surface area contributed by atoms with Crippen LogP contribution in [0.4, 0.5) is 5.69 Å². The first kappa shape index (κ1) is 14.2. The van der Waals surface area contributed by atoms with Gasteiger partial charge in [-0.2, -0.15) is 0 Å². The van der Waals surface area contributed by atoms with Gasteiger partial charge in [-0.1, -0.05) is 0 Å². The average molecular weight is 283 g/mol. The third-order valence-electron chi connectivity index (χ3n) is 3.42. The second kappa shape index (κ2) is 5.82. The van der Waals surface area contributed by atoms with Gasteiger partial charge < -0.3 is 10.1 Å². The largest absolute Gasteiger partial charge is 0.494 e. The maximum Gasteiger partial charge on any atom is 0.150 e. The van der Waals surface area contributed by atoms with Crippen LogP contribution in [-0.4, -0.2) is 32.6 Å². The molecule has 0 amide bonds. The topological polar surface area (TPSA) is 55.4 Å². The summed E-state index contributed by atoms with van der Waals surface area (Å²) in [6.07, 6.45) is 1.38. The molecule has 1 aliphatic rings. The van der Waals surface area contributed by atoms with Gasteiger partial charge in [-0.05, 0) is 50.5 Å². The summed E-state index contributed by atoms with van der Waals surface area (Å²) >= 11 is 0. The van der Waals surface area contributed by atoms with Crippen LogP contribution in [0.2, 0.25) is 0 Å². The van der Waals surface area contributed by atoms with Crippen LogP contribution in [0, 0.1) is 6.92 Å². The first-order chi connectivity index (χ1) is 9.00. The SMILES string of the molecule is CCOc1ccc(NC2CCS(=O)(=O)CC2)c(C)c1. The highest BCUT2D eigenvalue weighted by molar-refractivity contribution is 7.91. The highest BCUT2D eigenvalue weighted by Crippen LogP contribution is 2.24. The monoisotopic (exact) mass is 283 g/mol. The van der Waals surface area contributed by atoms with E-state index in [-0.39, 0.29) is 6.04 Å². The van der Waals surface area contributed by atoms with Crippen molar-refractivity contribution in [2.45, 2.75) is 32.7 Å². The third kappa shape index (κ3) is 3.86. The molecule has 1 aromatic rings. The van der Waals surface area contributed by atoms with E-state index in [1.54, 1.807) is 0 Å². The Morgan fingerprint density at radius 1 is 1.32 bits per heavy atom. The summed E-state index contributed by atoms with van der Waals surface area (Å²) in [4.78, 5) is 0. The maximum absolute atomic E-state index is 11.4. The number of anilines is 1. The number of rotatable bonds is 4. The van der Waals surface area contributed by atoms with Crippen molar-refractivity contribution in [3.05, 3.63) is 23.8 Å². The van der Waals surface area contributed by atoms with Gasteiger partial charge in [0, 0.05) is 11.7 Å². The van der Waals surface area contributed by atoms with Crippen molar-refractivity contribution >= 4 is 15.5 Å². The van der Waals surface area contributed by atoms with Crippen LogP contribution in [0.3, 0.4) is 0 Å². The summed E-state index contributed by atoms with van der Waals surface area (Å²) in [5.41, 5.74) is 2.19. The predicted molar refractivity (Wildman–Crippen MR) is 77.6 cm³/mol. The number of ether oxygens (including phenoxy) is 1. The van der Waals surface area contributed by atoms with E-state index in [0.717, 1.165) is 17.0 Å². The minimum Gasteiger partial charge on any atom is -0.494 e. The summed E-state index contributed by atoms with van der Waals surface area (Å²) in [6, 6.07) is 6.20. The fourth-order valence-corrected chi connectivity index (χ4v) is 3.80. The summed E-state index contributed by atoms with van der Waals surface area (Å²) in [6.45, 7) is 4.65. The highest BCUT2D eigenvalue weighted by atomic mass is 32.2. The second-order valence-corrected chi connectivity index (χ2v) is 7.28. The van der Waals surface area contributed by atoms with Gasteiger partial charge in [0.15, 0.2) is 0 Å². The molecule has 0 aromatic heterocycles. The third-order valence-corrected chi connectivity index (χ3v) is 5.14. The zero-order valence-corrected chi connectivity index (χ0v) is 12.3. The van der Waals surface area contributed by atoms with E-state index in [4.69, 9.17) is 4.74 Å². The van der Waals surface area contributed by atoms with Gasteiger partial charge in [-0.3, -0.25) is 0 Å². The first-order valence-electron chi connectivity index (χ1n) is 6.70. The van der Waals surface area contributed by atoms with Gasteiger partial charge in [0.2, 0.25) is 0 Å². The van der Waals surface area contributed by atoms with E-state index in [1.165, 1.54) is 0 Å². The van der Waals surface area contributed by atoms with Crippen molar-refractivity contribution in [1.82, 2.24) is 0 Å². The lowest BCUT2D eigenvalue weighted by molar-refractivity contribution is 0.340. The first-order valence-corrected chi connectivity index (χ1v) is 8.53. The Labute approximate surface area is 115 Å². The van der Waals surface area contributed by atoms with Crippen LogP contribution in [0.25, 0.3) is 0 Å². The van der Waals surface area contributed by atoms with Crippen LogP contribution in [0.15, 0.2) is 18.2 Å². The number of hydrogen-bond acceptors (Lipinski definition) is 4. The Morgan fingerprint density at radius 3 is 2.58 bits per heavy atom. The molecule has 0 spiro atoms. The van der Waals surface area contributed by atoms with Gasteiger partial charge in [0.1, 0.15) is 15.6 Å². The summed E-state index contributed by atoms with van der Waals surface area (Å²) in [5, 5.41) is 3.44. The van der Waals surface area contributed by atoms with E-state index in [1.807, 2.05) is 32.0 Å². The van der Waals surface area contributed by atoms with Crippen LogP contribution in [0.5, 0.6) is 5.75 Å². The molecule has 106 valence electrons. The molecular weight excluding hydrogens is 262 g/mol. The molecule has 1 heterocycles. The smallest absolute Gasteiger partial charge is 0.150 e.